The minimum absolute atomic E-state index is 0.0392. The fraction of sp³-hybridized carbons (Fsp3) is 0.467. The van der Waals surface area contributed by atoms with E-state index in [1.807, 2.05) is 0 Å². The number of amides is 1. The zero-order valence-electron chi connectivity index (χ0n) is 12.8. The van der Waals surface area contributed by atoms with Crippen LogP contribution in [0.25, 0.3) is 0 Å². The van der Waals surface area contributed by atoms with Gasteiger partial charge in [-0.25, -0.2) is 14.0 Å². The molecule has 0 saturated heterocycles. The molecule has 0 aliphatic rings. The molecule has 1 aromatic carbocycles. The molecule has 0 fully saturated rings. The van der Waals surface area contributed by atoms with Crippen LogP contribution >= 0.6 is 0 Å². The molecule has 2 N–H and O–H groups in total. The molecule has 0 aliphatic carbocycles. The zero-order chi connectivity index (χ0) is 16.8. The van der Waals surface area contributed by atoms with Gasteiger partial charge < -0.3 is 19.9 Å². The van der Waals surface area contributed by atoms with E-state index in [1.54, 1.807) is 26.8 Å². The van der Waals surface area contributed by atoms with Crippen LogP contribution in [0.5, 0.6) is 0 Å². The van der Waals surface area contributed by atoms with Gasteiger partial charge in [-0.05, 0) is 38.5 Å². The standard InChI is InChI=1S/C15H20FNO5/c1-15(2,3)22-14(20)17-12(13(18)19)9-21-8-10-5-4-6-11(16)7-10/h4-7,12H,8-9H2,1-3H3,(H,17,20)(H,18,19). The van der Waals surface area contributed by atoms with Gasteiger partial charge in [0.2, 0.25) is 0 Å². The number of hydrogen-bond acceptors (Lipinski definition) is 4. The lowest BCUT2D eigenvalue weighted by Gasteiger charge is -2.22. The second-order valence-corrected chi connectivity index (χ2v) is 5.68. The quantitative estimate of drug-likeness (QED) is 0.842. The third-order valence-electron chi connectivity index (χ3n) is 2.43. The van der Waals surface area contributed by atoms with Crippen molar-refractivity contribution in [1.82, 2.24) is 5.32 Å². The number of nitrogens with one attached hydrogen (secondary N) is 1. The molecular formula is C15H20FNO5. The summed E-state index contributed by atoms with van der Waals surface area (Å²) >= 11 is 0. The van der Waals surface area contributed by atoms with Gasteiger partial charge in [0.05, 0.1) is 13.2 Å². The molecule has 0 aromatic heterocycles. The van der Waals surface area contributed by atoms with Crippen LogP contribution in [0, 0.1) is 5.82 Å². The predicted octanol–water partition coefficient (Wildman–Crippen LogP) is 2.32. The molecule has 0 heterocycles. The van der Waals surface area contributed by atoms with E-state index >= 15 is 0 Å². The van der Waals surface area contributed by atoms with E-state index < -0.39 is 29.5 Å². The van der Waals surface area contributed by atoms with Gasteiger partial charge in [0.15, 0.2) is 6.04 Å². The molecule has 0 saturated carbocycles. The van der Waals surface area contributed by atoms with Crippen LogP contribution in [0.2, 0.25) is 0 Å². The normalized spacial score (nSPS) is 12.5. The van der Waals surface area contributed by atoms with Crippen LogP contribution in [0.4, 0.5) is 9.18 Å². The molecule has 0 spiro atoms. The maximum absolute atomic E-state index is 13.0. The van der Waals surface area contributed by atoms with Gasteiger partial charge in [0, 0.05) is 0 Å². The van der Waals surface area contributed by atoms with Crippen LogP contribution in [-0.2, 0) is 20.9 Å². The minimum atomic E-state index is -1.25. The molecule has 1 atom stereocenters. The van der Waals surface area contributed by atoms with Crippen molar-refractivity contribution in [3.63, 3.8) is 0 Å². The fourth-order valence-corrected chi connectivity index (χ4v) is 1.55. The van der Waals surface area contributed by atoms with Crippen molar-refractivity contribution in [3.05, 3.63) is 35.6 Å². The second-order valence-electron chi connectivity index (χ2n) is 5.68. The number of alkyl carbamates (subject to hydrolysis) is 1. The van der Waals surface area contributed by atoms with E-state index in [4.69, 9.17) is 14.6 Å². The van der Waals surface area contributed by atoms with Crippen molar-refractivity contribution in [2.24, 2.45) is 0 Å². The summed E-state index contributed by atoms with van der Waals surface area (Å²) in [7, 11) is 0. The maximum Gasteiger partial charge on any atom is 0.408 e. The average Bonchev–Trinajstić information content (AvgIpc) is 2.35. The highest BCUT2D eigenvalue weighted by molar-refractivity contribution is 5.80. The Bertz CT molecular complexity index is 527. The first-order valence-corrected chi connectivity index (χ1v) is 6.72. The molecule has 6 nitrogen and oxygen atoms in total. The zero-order valence-corrected chi connectivity index (χ0v) is 12.8. The Morgan fingerprint density at radius 2 is 2.05 bits per heavy atom. The molecular weight excluding hydrogens is 293 g/mol. The Hall–Kier alpha value is -2.15. The highest BCUT2D eigenvalue weighted by Crippen LogP contribution is 2.08. The molecule has 1 unspecified atom stereocenters. The number of ether oxygens (including phenoxy) is 2. The van der Waals surface area contributed by atoms with Crippen molar-refractivity contribution in [2.75, 3.05) is 6.61 Å². The lowest BCUT2D eigenvalue weighted by molar-refractivity contribution is -0.141. The second kappa shape index (κ2) is 7.74. The molecule has 0 radical (unpaired) electrons. The van der Waals surface area contributed by atoms with Gasteiger partial charge in [-0.2, -0.15) is 0 Å². The number of carboxylic acids is 1. The number of rotatable bonds is 6. The van der Waals surface area contributed by atoms with Gasteiger partial charge in [0.1, 0.15) is 11.4 Å². The van der Waals surface area contributed by atoms with E-state index in [9.17, 15) is 14.0 Å². The first-order valence-electron chi connectivity index (χ1n) is 6.72. The van der Waals surface area contributed by atoms with Crippen molar-refractivity contribution in [3.8, 4) is 0 Å². The van der Waals surface area contributed by atoms with Crippen LogP contribution in [0.15, 0.2) is 24.3 Å². The number of benzene rings is 1. The largest absolute Gasteiger partial charge is 0.480 e. The van der Waals surface area contributed by atoms with Gasteiger partial charge in [0.25, 0.3) is 0 Å². The third kappa shape index (κ3) is 7.03. The Morgan fingerprint density at radius 1 is 1.36 bits per heavy atom. The van der Waals surface area contributed by atoms with Gasteiger partial charge >= 0.3 is 12.1 Å². The van der Waals surface area contributed by atoms with E-state index in [0.29, 0.717) is 5.56 Å². The highest BCUT2D eigenvalue weighted by atomic mass is 19.1. The third-order valence-corrected chi connectivity index (χ3v) is 2.43. The molecule has 7 heteroatoms. The summed E-state index contributed by atoms with van der Waals surface area (Å²) in [5.74, 6) is -1.65. The van der Waals surface area contributed by atoms with Gasteiger partial charge in [-0.1, -0.05) is 12.1 Å². The smallest absolute Gasteiger partial charge is 0.408 e. The number of aliphatic carboxylic acids is 1. The van der Waals surface area contributed by atoms with Crippen LogP contribution in [0.3, 0.4) is 0 Å². The summed E-state index contributed by atoms with van der Waals surface area (Å²) in [6.07, 6.45) is -0.839. The van der Waals surface area contributed by atoms with Gasteiger partial charge in [-0.15, -0.1) is 0 Å². The topological polar surface area (TPSA) is 84.9 Å². The lowest BCUT2D eigenvalue weighted by Crippen LogP contribution is -2.46. The maximum atomic E-state index is 13.0. The fourth-order valence-electron chi connectivity index (χ4n) is 1.55. The highest BCUT2D eigenvalue weighted by Gasteiger charge is 2.24. The Balaban J connectivity index is 2.48. The van der Waals surface area contributed by atoms with Crippen molar-refractivity contribution in [1.29, 1.82) is 0 Å². The Morgan fingerprint density at radius 3 is 2.59 bits per heavy atom. The molecule has 1 amide bonds. The summed E-state index contributed by atoms with van der Waals surface area (Å²) < 4.78 is 23.2. The monoisotopic (exact) mass is 313 g/mol. The average molecular weight is 313 g/mol. The number of carbonyl (C=O) groups is 2. The number of carboxylic acid groups (broad SMARTS) is 1. The number of hydrogen-bond donors (Lipinski definition) is 2. The molecule has 122 valence electrons. The van der Waals surface area contributed by atoms with Crippen molar-refractivity contribution in [2.45, 2.75) is 39.0 Å². The minimum Gasteiger partial charge on any atom is -0.480 e. The number of halogens is 1. The molecule has 0 bridgehead atoms. The van der Waals surface area contributed by atoms with Gasteiger partial charge in [-0.3, -0.25) is 0 Å². The SMILES string of the molecule is CC(C)(C)OC(=O)NC(COCc1cccc(F)c1)C(=O)O. The Labute approximate surface area is 128 Å². The summed E-state index contributed by atoms with van der Waals surface area (Å²) in [5, 5.41) is 11.3. The van der Waals surface area contributed by atoms with E-state index in [1.165, 1.54) is 18.2 Å². The first kappa shape index (κ1) is 17.9. The van der Waals surface area contributed by atoms with E-state index in [-0.39, 0.29) is 13.2 Å². The molecule has 1 aromatic rings. The first-order chi connectivity index (χ1) is 10.2. The summed E-state index contributed by atoms with van der Waals surface area (Å²) in [6, 6.07) is 4.52. The predicted molar refractivity (Wildman–Crippen MR) is 76.8 cm³/mol. The van der Waals surface area contributed by atoms with E-state index in [0.717, 1.165) is 0 Å². The molecule has 22 heavy (non-hydrogen) atoms. The summed E-state index contributed by atoms with van der Waals surface area (Å²) in [4.78, 5) is 22.6. The van der Waals surface area contributed by atoms with Crippen molar-refractivity contribution < 1.29 is 28.6 Å². The van der Waals surface area contributed by atoms with Crippen LogP contribution < -0.4 is 5.32 Å². The van der Waals surface area contributed by atoms with E-state index in [2.05, 4.69) is 5.32 Å². The summed E-state index contributed by atoms with van der Waals surface area (Å²) in [6.45, 7) is 4.79. The summed E-state index contributed by atoms with van der Waals surface area (Å²) in [5.41, 5.74) is -0.156. The van der Waals surface area contributed by atoms with Crippen molar-refractivity contribution >= 4 is 12.1 Å². The number of carbonyl (C=O) groups excluding carboxylic acids is 1. The molecule has 1 rings (SSSR count). The Kier molecular flexibility index (Phi) is 6.30. The van der Waals surface area contributed by atoms with Crippen LogP contribution in [-0.4, -0.2) is 35.4 Å². The lowest BCUT2D eigenvalue weighted by atomic mass is 10.2. The van der Waals surface area contributed by atoms with Crippen LogP contribution in [0.1, 0.15) is 26.3 Å². The molecule has 0 aliphatic heterocycles.